The summed E-state index contributed by atoms with van der Waals surface area (Å²) in [6, 6.07) is -8.44. The Morgan fingerprint density at radius 2 is 0.572 bits per heavy atom. The molecule has 6 heterocycles. The molecule has 18 rings (SSSR count). The van der Waals surface area contributed by atoms with E-state index in [1.165, 1.54) is 60.6 Å². The molecule has 12 nitrogen and oxygen atoms in total. The van der Waals surface area contributed by atoms with Gasteiger partial charge in [0.1, 0.15) is 103 Å². The van der Waals surface area contributed by atoms with Crippen LogP contribution in [0.2, 0.25) is 0 Å². The summed E-state index contributed by atoms with van der Waals surface area (Å²) < 4.78 is 489. The zero-order valence-corrected chi connectivity index (χ0v) is 84.6. The fourth-order valence-corrected chi connectivity index (χ4v) is 18.8. The first-order valence-electron chi connectivity index (χ1n) is 75.7. The fraction of sp³-hybridized carbons (Fsp3) is 0.619. The van der Waals surface area contributed by atoms with Crippen molar-refractivity contribution in [2.75, 3.05) is 0 Å². The minimum absolute atomic E-state index is 0.00442. The number of hydrogen-bond acceptors (Lipinski definition) is 12. The van der Waals surface area contributed by atoms with Gasteiger partial charge in [0.05, 0.1) is 20.6 Å². The highest BCUT2D eigenvalue weighted by atomic mass is 16.5. The maximum atomic E-state index is 11.1. The van der Waals surface area contributed by atoms with Crippen LogP contribution in [0.25, 0.3) is 0 Å². The van der Waals surface area contributed by atoms with E-state index in [9.17, 15) is 41.6 Å². The van der Waals surface area contributed by atoms with Crippen LogP contribution in [0.3, 0.4) is 0 Å². The molecule has 0 saturated carbocycles. The summed E-state index contributed by atoms with van der Waals surface area (Å²) in [4.78, 5) is 0. The summed E-state index contributed by atoms with van der Waals surface area (Å²) in [7, 11) is 0. The molecule has 0 aromatic heterocycles. The van der Waals surface area contributed by atoms with Crippen LogP contribution in [-0.4, -0.2) is 64.2 Å². The Kier molecular flexibility index (Phi) is 18.7. The van der Waals surface area contributed by atoms with E-state index in [1.807, 2.05) is 68.4 Å². The standard InChI is InChI=1S/6C21H30O2/c6*1-5-6-7-8-15-12-18(22)20-16-11-14(2)9-10-17(16)21(3,4)23-19(20)13-15/h6*11-13,16-17,22H,5-10H2,1-4H3/t6*16-,17-/m111111/s1/i8D2,9D2,10D2,11D,12D,13D,16D,17D;2D3,8D2,9D2,10D2,11D,12D,13D,17D;8D2,10D2,11D,12D,13D,16D,17D;8D2,9D2,12D,13D,16D;2D3,8D2,12D,13D,16D;8D2,12D,13D,16D. The first-order chi connectivity index (χ1) is 86.2. The molecule has 12 atom stereocenters. The Balaban J connectivity index is 0.000000185. The van der Waals surface area contributed by atoms with E-state index in [-0.39, 0.29) is 161 Å². The van der Waals surface area contributed by atoms with Gasteiger partial charge in [0.25, 0.3) is 0 Å². The van der Waals surface area contributed by atoms with Crippen LogP contribution in [0.4, 0.5) is 0 Å². The Hall–Kier alpha value is -8.64. The van der Waals surface area contributed by atoms with Crippen LogP contribution in [0.1, 0.15) is 533 Å². The minimum atomic E-state index is -3.30. The second kappa shape index (κ2) is 45.7. The molecule has 6 aromatic carbocycles. The molecule has 0 radical (unpaired) electrons. The van der Waals surface area contributed by atoms with Gasteiger partial charge in [0.15, 0.2) is 0 Å². The molecule has 138 heavy (non-hydrogen) atoms. The van der Waals surface area contributed by atoms with Gasteiger partial charge < -0.3 is 59.1 Å². The lowest BCUT2D eigenvalue weighted by molar-refractivity contribution is 0.0104. The van der Waals surface area contributed by atoms with Gasteiger partial charge in [-0.2, -0.15) is 0 Å². The highest BCUT2D eigenvalue weighted by molar-refractivity contribution is 5.60. The summed E-state index contributed by atoms with van der Waals surface area (Å²) in [5.41, 5.74) is -11.9. The van der Waals surface area contributed by atoms with Crippen LogP contribution in [0, 0.1) is 35.4 Å². The van der Waals surface area contributed by atoms with Crippen LogP contribution >= 0.6 is 0 Å². The van der Waals surface area contributed by atoms with E-state index in [0.29, 0.717) is 69.8 Å². The molecule has 0 saturated heterocycles. The van der Waals surface area contributed by atoms with E-state index in [1.54, 1.807) is 34.6 Å². The van der Waals surface area contributed by atoms with Crippen molar-refractivity contribution in [2.45, 2.75) is 466 Å². The van der Waals surface area contributed by atoms with Gasteiger partial charge in [-0.15, -0.1) is 0 Å². The van der Waals surface area contributed by atoms with Crippen molar-refractivity contribution in [3.63, 3.8) is 0 Å². The van der Waals surface area contributed by atoms with Crippen LogP contribution < -0.4 is 28.4 Å². The molecule has 0 spiro atoms. The normalized spacial score (nSPS) is 38.2. The lowest BCUT2D eigenvalue weighted by Crippen LogP contribution is -2.45. The average Bonchev–Trinajstić information content (AvgIpc) is 0.644. The molecule has 0 bridgehead atoms. The van der Waals surface area contributed by atoms with Gasteiger partial charge in [-0.1, -0.05) is 188 Å². The van der Waals surface area contributed by atoms with Gasteiger partial charge in [-0.05, 0) is 384 Å². The third kappa shape index (κ3) is 25.0. The van der Waals surface area contributed by atoms with Crippen molar-refractivity contribution in [3.8, 4) is 69.0 Å². The maximum absolute atomic E-state index is 11.1. The van der Waals surface area contributed by atoms with Gasteiger partial charge in [-0.3, -0.25) is 0 Å². The number of ether oxygens (including phenoxy) is 6. The van der Waals surface area contributed by atoms with Crippen LogP contribution in [-0.2, 0) is 38.2 Å². The molecule has 6 aromatic rings. The van der Waals surface area contributed by atoms with Crippen molar-refractivity contribution in [2.24, 2.45) is 35.4 Å². The van der Waals surface area contributed by atoms with Crippen LogP contribution in [0.15, 0.2) is 142 Å². The summed E-state index contributed by atoms with van der Waals surface area (Å²) in [6.45, 7) is 30.5. The number of phenolic OH excluding ortho intramolecular Hbond substituents is 6. The Morgan fingerprint density at radius 3 is 0.928 bits per heavy atom. The molecule has 756 valence electrons. The lowest BCUT2D eigenvalue weighted by atomic mass is 9.68. The number of fused-ring (bicyclic) bond motifs is 18. The number of rotatable bonds is 24. The highest BCUT2D eigenvalue weighted by Crippen LogP contribution is 2.61. The van der Waals surface area contributed by atoms with E-state index < -0.39 is 340 Å². The van der Waals surface area contributed by atoms with Gasteiger partial charge in [0.2, 0.25) is 0 Å². The Morgan fingerprint density at radius 1 is 0.297 bits per heavy atom. The van der Waals surface area contributed by atoms with Gasteiger partial charge in [0, 0.05) is 156 Å². The molecule has 0 amide bonds. The summed E-state index contributed by atoms with van der Waals surface area (Å²) in [5, 5.41) is 66.1. The van der Waals surface area contributed by atoms with Crippen molar-refractivity contribution in [1.82, 2.24) is 0 Å². The van der Waals surface area contributed by atoms with Gasteiger partial charge >= 0.3 is 0 Å². The SMILES string of the molecule is [2H]C1=C(C([2H])([2H])[2H])C([2H])([2H])C([2H])([2H])[C@]2([2H])[C@@H]1c1c(O)c([2H])c(C([2H])([2H])CCCC)c([2H])c1OC2(C)C.[2H]C1=C(C)C([2H])([2H])C([2H])([2H])[C@@]2([2H])C(C)(C)Oc3c([2H])c(C([2H])([2H])CCCC)c([2H])c(O)c3[C@]12[2H].[2H]C1=C(C)CC([2H])([2H])[C@@]2([2H])C(C)(C)Oc3c([2H])c(C([2H])([2H])CCCC)c([2H])c(O)c3[C@]12[2H].[2H]c1c(O)c2c(c([2H])c1C([2H])([2H])CCCC)OC(C)(C)[C@@H]1CC([2H])([2H])C(C)=C[C@@]21[2H].[2H]c1c(O)c2c(c([2H])c1C([2H])([2H])CCCC)OC(C)(C)[C@@H]1CCC(C([2H])([2H])[2H])=C[C@@]21[2H].[2H]c1c(O)c2c(c([2H])c1C([2H])([2H])CCCC)OC(C)(C)[C@@H]1CCC(C)=C[C@@]21[2H]. The molecule has 6 aliphatic carbocycles. The predicted octanol–water partition coefficient (Wildman–Crippen LogP) is 34.4. The summed E-state index contributed by atoms with van der Waals surface area (Å²) >= 11 is 0. The number of unbranched alkanes of at least 4 members (excludes halogenated alkanes) is 6. The monoisotopic (exact) mass is 1940 g/mol. The molecule has 12 heteroatoms. The average molecular weight is 1940 g/mol. The minimum Gasteiger partial charge on any atom is -0.507 e. The number of aromatic hydroxyl groups is 6. The third-order valence-corrected chi connectivity index (χ3v) is 26.2. The van der Waals surface area contributed by atoms with E-state index in [4.69, 9.17) is 90.1 Å². The quantitative estimate of drug-likeness (QED) is 0.0317. The zero-order chi connectivity index (χ0) is 147. The molecule has 12 aliphatic rings. The smallest absolute Gasteiger partial charge is 0.127 e. The van der Waals surface area contributed by atoms with E-state index in [0.717, 1.165) is 44.6 Å². The van der Waals surface area contributed by atoms with Crippen molar-refractivity contribution in [3.05, 3.63) is 209 Å². The first kappa shape index (κ1) is 56.4. The Bertz CT molecular complexity index is 8280. The number of hydrogen-bond donors (Lipinski definition) is 6. The number of allylic oxidation sites excluding steroid dienone is 12. The van der Waals surface area contributed by atoms with Crippen molar-refractivity contribution in [1.29, 1.82) is 0 Å². The zero-order valence-electron chi connectivity index (χ0n) is 138. The second-order valence-electron chi connectivity index (χ2n) is 40.1. The molecule has 0 fully saturated rings. The Labute approximate surface area is 908 Å². The molecule has 0 unspecified atom stereocenters. The van der Waals surface area contributed by atoms with Gasteiger partial charge in [-0.25, -0.2) is 0 Å². The fourth-order valence-electron chi connectivity index (χ4n) is 18.8. The lowest BCUT2D eigenvalue weighted by Gasteiger charge is -2.46. The third-order valence-electron chi connectivity index (χ3n) is 26.2. The largest absolute Gasteiger partial charge is 0.507 e. The molecular weight excluding hydrogens is 1710 g/mol. The predicted molar refractivity (Wildman–Crippen MR) is 572 cm³/mol. The first-order valence-corrected chi connectivity index (χ1v) is 49.2. The molecule has 6 aliphatic heterocycles. The van der Waals surface area contributed by atoms with Crippen molar-refractivity contribution >= 4 is 0 Å². The number of benzene rings is 6. The van der Waals surface area contributed by atoms with Crippen LogP contribution in [0.5, 0.6) is 69.0 Å². The summed E-state index contributed by atoms with van der Waals surface area (Å²) in [5.74, 6) is -27.0. The summed E-state index contributed by atoms with van der Waals surface area (Å²) in [6.07, 6.45) is -14.8. The second-order valence-corrected chi connectivity index (χ2v) is 40.1. The van der Waals surface area contributed by atoms with E-state index >= 15 is 0 Å². The highest BCUT2D eigenvalue weighted by Gasteiger charge is 2.52. The topological polar surface area (TPSA) is 177 Å². The molecular formula is C126H180O12. The maximum Gasteiger partial charge on any atom is 0.127 e. The van der Waals surface area contributed by atoms with E-state index in [2.05, 4.69) is 0 Å². The number of phenols is 6. The molecule has 6 N–H and O–H groups in total. The van der Waals surface area contributed by atoms with Crippen molar-refractivity contribution < 1.29 is 132 Å².